The van der Waals surface area contributed by atoms with Crippen LogP contribution < -0.4 is 0 Å². The number of aromatic hydroxyl groups is 2. The molecule has 0 bridgehead atoms. The molecule has 2 rings (SSSR count). The molecule has 0 radical (unpaired) electrons. The summed E-state index contributed by atoms with van der Waals surface area (Å²) in [6.45, 7) is 2.36. The lowest BCUT2D eigenvalue weighted by atomic mass is 10.0. The van der Waals surface area contributed by atoms with Gasteiger partial charge in [0.15, 0.2) is 0 Å². The Balaban J connectivity index is 2.29. The van der Waals surface area contributed by atoms with Crippen LogP contribution in [0.15, 0.2) is 18.2 Å². The Hall–Kier alpha value is -2.24. The molecule has 21 heavy (non-hydrogen) atoms. The molecule has 1 aromatic rings. The van der Waals surface area contributed by atoms with Gasteiger partial charge in [-0.3, -0.25) is 4.79 Å². The van der Waals surface area contributed by atoms with E-state index in [2.05, 4.69) is 0 Å². The molecule has 1 aromatic carbocycles. The minimum atomic E-state index is -0.662. The molecule has 1 fully saturated rings. The van der Waals surface area contributed by atoms with E-state index in [0.29, 0.717) is 13.0 Å². The molecular weight excluding hydrogens is 274 g/mol. The van der Waals surface area contributed by atoms with Crippen LogP contribution in [0.3, 0.4) is 0 Å². The Labute approximate surface area is 122 Å². The average molecular weight is 293 g/mol. The Bertz CT molecular complexity index is 523. The summed E-state index contributed by atoms with van der Waals surface area (Å²) < 4.78 is 5.00. The number of phenolic OH excluding ortho intramolecular Hbond substituents is 2. The van der Waals surface area contributed by atoms with Crippen LogP contribution in [0.1, 0.15) is 36.5 Å². The van der Waals surface area contributed by atoms with E-state index >= 15 is 0 Å². The first kappa shape index (κ1) is 15.2. The second-order valence-electron chi connectivity index (χ2n) is 4.93. The van der Waals surface area contributed by atoms with Crippen molar-refractivity contribution in [2.24, 2.45) is 0 Å². The Morgan fingerprint density at radius 1 is 1.29 bits per heavy atom. The average Bonchev–Trinajstić information content (AvgIpc) is 2.47. The van der Waals surface area contributed by atoms with Gasteiger partial charge in [-0.05, 0) is 38.3 Å². The minimum absolute atomic E-state index is 0.173. The summed E-state index contributed by atoms with van der Waals surface area (Å²) in [5.74, 6) is -1.59. The maximum absolute atomic E-state index is 12.6. The summed E-state index contributed by atoms with van der Waals surface area (Å²) in [6, 6.07) is 3.44. The van der Waals surface area contributed by atoms with Crippen molar-refractivity contribution in [3.63, 3.8) is 0 Å². The Morgan fingerprint density at radius 3 is 2.57 bits per heavy atom. The van der Waals surface area contributed by atoms with Gasteiger partial charge in [0, 0.05) is 6.54 Å². The topological polar surface area (TPSA) is 87.1 Å². The van der Waals surface area contributed by atoms with Crippen LogP contribution >= 0.6 is 0 Å². The maximum atomic E-state index is 12.6. The highest BCUT2D eigenvalue weighted by molar-refractivity contribution is 6.01. The smallest absolute Gasteiger partial charge is 0.328 e. The molecule has 2 N–H and O–H groups in total. The fourth-order valence-electron chi connectivity index (χ4n) is 2.55. The zero-order valence-corrected chi connectivity index (χ0v) is 11.9. The monoisotopic (exact) mass is 293 g/mol. The van der Waals surface area contributed by atoms with Crippen LogP contribution in [-0.2, 0) is 9.53 Å². The quantitative estimate of drug-likeness (QED) is 0.828. The van der Waals surface area contributed by atoms with Crippen LogP contribution in [0.25, 0.3) is 0 Å². The van der Waals surface area contributed by atoms with Gasteiger partial charge < -0.3 is 19.8 Å². The van der Waals surface area contributed by atoms with E-state index in [1.54, 1.807) is 6.92 Å². The molecule has 1 amide bonds. The van der Waals surface area contributed by atoms with Gasteiger partial charge in [-0.2, -0.15) is 0 Å². The van der Waals surface area contributed by atoms with Crippen LogP contribution in [0.5, 0.6) is 11.5 Å². The fourth-order valence-corrected chi connectivity index (χ4v) is 2.55. The zero-order chi connectivity index (χ0) is 15.4. The van der Waals surface area contributed by atoms with E-state index in [0.717, 1.165) is 12.8 Å². The van der Waals surface area contributed by atoms with Crippen LogP contribution in [-0.4, -0.2) is 46.2 Å². The number of amides is 1. The number of hydrogen-bond acceptors (Lipinski definition) is 5. The van der Waals surface area contributed by atoms with Gasteiger partial charge in [0.2, 0.25) is 0 Å². The first-order chi connectivity index (χ1) is 10.1. The Kier molecular flexibility index (Phi) is 4.67. The van der Waals surface area contributed by atoms with Gasteiger partial charge in [-0.25, -0.2) is 4.79 Å². The number of phenols is 2. The molecule has 6 nitrogen and oxygen atoms in total. The number of piperidine rings is 1. The van der Waals surface area contributed by atoms with Gasteiger partial charge in [0.05, 0.1) is 6.61 Å². The van der Waals surface area contributed by atoms with Crippen LogP contribution in [0.4, 0.5) is 0 Å². The molecule has 1 saturated heterocycles. The van der Waals surface area contributed by atoms with Crippen molar-refractivity contribution in [1.29, 1.82) is 0 Å². The van der Waals surface area contributed by atoms with Crippen LogP contribution in [0.2, 0.25) is 0 Å². The molecule has 0 aromatic heterocycles. The summed E-state index contributed by atoms with van der Waals surface area (Å²) in [5, 5.41) is 19.6. The third-order valence-corrected chi connectivity index (χ3v) is 3.56. The number of carbonyl (C=O) groups excluding carboxylic acids is 2. The standard InChI is InChI=1S/C15H19NO5/c1-2-21-15(20)10-6-3-4-9-16(10)14(19)13-11(17)7-5-8-12(13)18/h5,7-8,10,17-18H,2-4,6,9H2,1H3. The van der Waals surface area contributed by atoms with Crippen molar-refractivity contribution < 1.29 is 24.5 Å². The lowest BCUT2D eigenvalue weighted by Gasteiger charge is -2.34. The normalized spacial score (nSPS) is 18.3. The first-order valence-corrected chi connectivity index (χ1v) is 7.04. The lowest BCUT2D eigenvalue weighted by molar-refractivity contribution is -0.149. The van der Waals surface area contributed by atoms with Crippen molar-refractivity contribution in [1.82, 2.24) is 4.90 Å². The van der Waals surface area contributed by atoms with E-state index in [1.807, 2.05) is 0 Å². The minimum Gasteiger partial charge on any atom is -0.507 e. The molecule has 0 aliphatic carbocycles. The highest BCUT2D eigenvalue weighted by atomic mass is 16.5. The third kappa shape index (κ3) is 3.09. The van der Waals surface area contributed by atoms with Crippen molar-refractivity contribution in [3.8, 4) is 11.5 Å². The summed E-state index contributed by atoms with van der Waals surface area (Å²) in [5.41, 5.74) is -0.173. The van der Waals surface area contributed by atoms with Gasteiger partial charge in [0.25, 0.3) is 5.91 Å². The van der Waals surface area contributed by atoms with Crippen LogP contribution in [0, 0.1) is 0 Å². The highest BCUT2D eigenvalue weighted by Crippen LogP contribution is 2.30. The SMILES string of the molecule is CCOC(=O)C1CCCCN1C(=O)c1c(O)cccc1O. The predicted molar refractivity (Wildman–Crippen MR) is 75.1 cm³/mol. The van der Waals surface area contributed by atoms with E-state index in [9.17, 15) is 19.8 Å². The van der Waals surface area contributed by atoms with Gasteiger partial charge in [-0.1, -0.05) is 6.07 Å². The summed E-state index contributed by atoms with van der Waals surface area (Å²) in [4.78, 5) is 25.9. The predicted octanol–water partition coefficient (Wildman–Crippen LogP) is 1.66. The number of likely N-dealkylation sites (tertiary alicyclic amines) is 1. The van der Waals surface area contributed by atoms with Crippen molar-refractivity contribution >= 4 is 11.9 Å². The van der Waals surface area contributed by atoms with E-state index in [4.69, 9.17) is 4.74 Å². The zero-order valence-electron chi connectivity index (χ0n) is 11.9. The fraction of sp³-hybridized carbons (Fsp3) is 0.467. The lowest BCUT2D eigenvalue weighted by Crippen LogP contribution is -2.48. The number of nitrogens with zero attached hydrogens (tertiary/aromatic N) is 1. The third-order valence-electron chi connectivity index (χ3n) is 3.56. The number of hydrogen-bond donors (Lipinski definition) is 2. The number of carbonyl (C=O) groups is 2. The molecule has 1 atom stereocenters. The molecule has 0 saturated carbocycles. The van der Waals surface area contributed by atoms with E-state index in [1.165, 1.54) is 23.1 Å². The number of esters is 1. The molecule has 0 spiro atoms. The maximum Gasteiger partial charge on any atom is 0.328 e. The van der Waals surface area contributed by atoms with Crippen molar-refractivity contribution in [2.75, 3.05) is 13.2 Å². The van der Waals surface area contributed by atoms with E-state index < -0.39 is 17.9 Å². The van der Waals surface area contributed by atoms with Crippen molar-refractivity contribution in [3.05, 3.63) is 23.8 Å². The van der Waals surface area contributed by atoms with Gasteiger partial charge in [0.1, 0.15) is 23.1 Å². The number of benzene rings is 1. The summed E-state index contributed by atoms with van der Waals surface area (Å²) in [7, 11) is 0. The summed E-state index contributed by atoms with van der Waals surface area (Å²) in [6.07, 6.45) is 2.13. The summed E-state index contributed by atoms with van der Waals surface area (Å²) >= 11 is 0. The van der Waals surface area contributed by atoms with Crippen molar-refractivity contribution in [2.45, 2.75) is 32.2 Å². The van der Waals surface area contributed by atoms with E-state index in [-0.39, 0.29) is 23.7 Å². The Morgan fingerprint density at radius 2 is 1.95 bits per heavy atom. The molecule has 6 heteroatoms. The molecule has 1 aliphatic rings. The second-order valence-corrected chi connectivity index (χ2v) is 4.93. The molecule has 1 unspecified atom stereocenters. The number of rotatable bonds is 3. The molecule has 114 valence electrons. The first-order valence-electron chi connectivity index (χ1n) is 7.04. The second kappa shape index (κ2) is 6.47. The van der Waals surface area contributed by atoms with Gasteiger partial charge >= 0.3 is 5.97 Å². The van der Waals surface area contributed by atoms with Gasteiger partial charge in [-0.15, -0.1) is 0 Å². The molecule has 1 heterocycles. The number of ether oxygens (including phenoxy) is 1. The molecular formula is C15H19NO5. The molecule has 1 aliphatic heterocycles. The highest BCUT2D eigenvalue weighted by Gasteiger charge is 2.35. The largest absolute Gasteiger partial charge is 0.507 e.